The van der Waals surface area contributed by atoms with Crippen LogP contribution in [0.1, 0.15) is 72.1 Å². The third-order valence-corrected chi connectivity index (χ3v) is 10.1. The highest BCUT2D eigenvalue weighted by molar-refractivity contribution is 7.89. The lowest BCUT2D eigenvalue weighted by atomic mass is 9.90. The third kappa shape index (κ3) is 5.96. The molecule has 4 saturated heterocycles. The zero-order valence-electron chi connectivity index (χ0n) is 21.1. The molecule has 3 unspecified atom stereocenters. The van der Waals surface area contributed by atoms with Crippen LogP contribution in [0.25, 0.3) is 0 Å². The van der Waals surface area contributed by atoms with Crippen LogP contribution in [0.2, 0.25) is 0 Å². The molecule has 4 atom stereocenters. The van der Waals surface area contributed by atoms with Crippen molar-refractivity contribution in [1.82, 2.24) is 14.5 Å². The SMILES string of the molecule is C=C(CNC1(C)CCN(S(=O)(=O)CC[C@@H]2CCC3CC(C)(C)OC3O2)CC1)N1CCCC1C#N. The minimum Gasteiger partial charge on any atom is -0.358 e. The van der Waals surface area contributed by atoms with Gasteiger partial charge in [-0.1, -0.05) is 6.58 Å². The molecule has 4 aliphatic rings. The van der Waals surface area contributed by atoms with Crippen LogP contribution in [0.4, 0.5) is 0 Å². The van der Waals surface area contributed by atoms with E-state index in [9.17, 15) is 13.7 Å². The van der Waals surface area contributed by atoms with Gasteiger partial charge in [0.1, 0.15) is 6.04 Å². The zero-order chi connectivity index (χ0) is 24.6. The molecule has 9 heteroatoms. The third-order valence-electron chi connectivity index (χ3n) is 8.20. The smallest absolute Gasteiger partial charge is 0.214 e. The Morgan fingerprint density at radius 3 is 2.62 bits per heavy atom. The molecule has 1 N–H and O–H groups in total. The van der Waals surface area contributed by atoms with Crippen LogP contribution in [-0.4, -0.2) is 79.1 Å². The number of sulfonamides is 1. The number of hydrogen-bond donors (Lipinski definition) is 1. The summed E-state index contributed by atoms with van der Waals surface area (Å²) in [6, 6.07) is 2.29. The Kier molecular flexibility index (Phi) is 7.66. The molecule has 4 fully saturated rings. The number of nitrogens with one attached hydrogen (secondary N) is 1. The van der Waals surface area contributed by atoms with E-state index in [1.165, 1.54) is 0 Å². The van der Waals surface area contributed by atoms with E-state index < -0.39 is 10.0 Å². The molecule has 0 amide bonds. The van der Waals surface area contributed by atoms with Crippen molar-refractivity contribution in [3.8, 4) is 6.07 Å². The second-order valence-electron chi connectivity index (χ2n) is 11.5. The predicted molar refractivity (Wildman–Crippen MR) is 131 cm³/mol. The van der Waals surface area contributed by atoms with Gasteiger partial charge in [0.25, 0.3) is 0 Å². The highest BCUT2D eigenvalue weighted by Gasteiger charge is 2.44. The molecule has 0 radical (unpaired) electrons. The minimum atomic E-state index is -3.31. The Bertz CT molecular complexity index is 891. The molecule has 0 aromatic carbocycles. The van der Waals surface area contributed by atoms with Crippen LogP contribution >= 0.6 is 0 Å². The summed E-state index contributed by atoms with van der Waals surface area (Å²) in [5.41, 5.74) is 0.665. The first-order chi connectivity index (χ1) is 16.0. The number of ether oxygens (including phenoxy) is 2. The van der Waals surface area contributed by atoms with Crippen molar-refractivity contribution in [3.05, 3.63) is 12.3 Å². The molecule has 0 aromatic heterocycles. The molecule has 192 valence electrons. The summed E-state index contributed by atoms with van der Waals surface area (Å²) < 4.78 is 39.9. The Hall–Kier alpha value is -1.18. The second-order valence-corrected chi connectivity index (χ2v) is 13.6. The molecular formula is C25H42N4O4S. The van der Waals surface area contributed by atoms with Gasteiger partial charge in [0.2, 0.25) is 10.0 Å². The van der Waals surface area contributed by atoms with Crippen molar-refractivity contribution in [2.45, 2.75) is 102 Å². The van der Waals surface area contributed by atoms with E-state index in [-0.39, 0.29) is 35.3 Å². The van der Waals surface area contributed by atoms with Gasteiger partial charge in [-0.3, -0.25) is 0 Å². The summed E-state index contributed by atoms with van der Waals surface area (Å²) in [6.45, 7) is 13.1. The lowest BCUT2D eigenvalue weighted by molar-refractivity contribution is -0.212. The van der Waals surface area contributed by atoms with Gasteiger partial charge < -0.3 is 19.7 Å². The lowest BCUT2D eigenvalue weighted by Crippen LogP contribution is -2.54. The van der Waals surface area contributed by atoms with Crippen LogP contribution in [0.15, 0.2) is 12.3 Å². The lowest BCUT2D eigenvalue weighted by Gasteiger charge is -2.40. The average Bonchev–Trinajstić information content (AvgIpc) is 3.38. The standard InChI is InChI=1S/C25H42N4O4S/c1-19(29-12-5-6-21(29)17-26)18-27-25(4)10-13-28(14-11-25)34(30,31)15-9-22-8-7-20-16-24(2,3)33-23(20)32-22/h20-23,27H,1,5-16,18H2,2-4H3/t20?,21?,22-,23?/m0/s1. The molecule has 4 rings (SSSR count). The van der Waals surface area contributed by atoms with Crippen LogP contribution in [0.5, 0.6) is 0 Å². The maximum Gasteiger partial charge on any atom is 0.214 e. The van der Waals surface area contributed by atoms with Crippen molar-refractivity contribution in [2.24, 2.45) is 5.92 Å². The molecule has 0 aromatic rings. The van der Waals surface area contributed by atoms with Gasteiger partial charge >= 0.3 is 0 Å². The molecule has 0 saturated carbocycles. The van der Waals surface area contributed by atoms with Crippen molar-refractivity contribution in [3.63, 3.8) is 0 Å². The molecule has 34 heavy (non-hydrogen) atoms. The van der Waals surface area contributed by atoms with Gasteiger partial charge in [-0.25, -0.2) is 12.7 Å². The zero-order valence-corrected chi connectivity index (χ0v) is 21.9. The molecule has 4 heterocycles. The van der Waals surface area contributed by atoms with E-state index in [0.29, 0.717) is 32.0 Å². The van der Waals surface area contributed by atoms with E-state index in [4.69, 9.17) is 9.47 Å². The molecule has 4 aliphatic heterocycles. The number of hydrogen-bond acceptors (Lipinski definition) is 7. The first kappa shape index (κ1) is 25.9. The van der Waals surface area contributed by atoms with Gasteiger partial charge in [-0.15, -0.1) is 0 Å². The van der Waals surface area contributed by atoms with Gasteiger partial charge in [0.15, 0.2) is 6.29 Å². The van der Waals surface area contributed by atoms with E-state index in [1.54, 1.807) is 4.31 Å². The number of rotatable bonds is 8. The van der Waals surface area contributed by atoms with Gasteiger partial charge in [0.05, 0.1) is 23.5 Å². The highest BCUT2D eigenvalue weighted by atomic mass is 32.2. The fourth-order valence-electron chi connectivity index (χ4n) is 5.97. The topological polar surface area (TPSA) is 94.9 Å². The summed E-state index contributed by atoms with van der Waals surface area (Å²) in [7, 11) is -3.31. The molecule has 0 spiro atoms. The van der Waals surface area contributed by atoms with Crippen LogP contribution in [0, 0.1) is 17.2 Å². The first-order valence-corrected chi connectivity index (χ1v) is 14.5. The number of nitrogens with zero attached hydrogens (tertiary/aromatic N) is 3. The summed E-state index contributed by atoms with van der Waals surface area (Å²) >= 11 is 0. The van der Waals surface area contributed by atoms with Crippen LogP contribution < -0.4 is 5.32 Å². The van der Waals surface area contributed by atoms with Gasteiger partial charge in [-0.2, -0.15) is 5.26 Å². The normalized spacial score (nSPS) is 33.4. The summed E-state index contributed by atoms with van der Waals surface area (Å²) in [4.78, 5) is 2.10. The fourth-order valence-corrected chi connectivity index (χ4v) is 7.53. The minimum absolute atomic E-state index is 0.0458. The maximum atomic E-state index is 13.0. The van der Waals surface area contributed by atoms with Gasteiger partial charge in [0, 0.05) is 43.3 Å². The predicted octanol–water partition coefficient (Wildman–Crippen LogP) is 2.97. The quantitative estimate of drug-likeness (QED) is 0.554. The largest absolute Gasteiger partial charge is 0.358 e. The van der Waals surface area contributed by atoms with E-state index >= 15 is 0 Å². The Labute approximate surface area is 205 Å². The summed E-state index contributed by atoms with van der Waals surface area (Å²) in [5.74, 6) is 0.562. The van der Waals surface area contributed by atoms with E-state index in [2.05, 4.69) is 43.6 Å². The Morgan fingerprint density at radius 1 is 1.18 bits per heavy atom. The van der Waals surface area contributed by atoms with E-state index in [0.717, 1.165) is 57.2 Å². The summed E-state index contributed by atoms with van der Waals surface area (Å²) in [5, 5.41) is 12.9. The molecule has 8 nitrogen and oxygen atoms in total. The van der Waals surface area contributed by atoms with Crippen molar-refractivity contribution in [2.75, 3.05) is 31.9 Å². The monoisotopic (exact) mass is 494 g/mol. The number of piperidine rings is 1. The van der Waals surface area contributed by atoms with Crippen LogP contribution in [0.3, 0.4) is 0 Å². The number of nitriles is 1. The van der Waals surface area contributed by atoms with Crippen molar-refractivity contribution < 1.29 is 17.9 Å². The average molecular weight is 495 g/mol. The van der Waals surface area contributed by atoms with E-state index in [1.807, 2.05) is 0 Å². The fraction of sp³-hybridized carbons (Fsp3) is 0.880. The van der Waals surface area contributed by atoms with Crippen molar-refractivity contribution in [1.29, 1.82) is 5.26 Å². The molecular weight excluding hydrogens is 452 g/mol. The van der Waals surface area contributed by atoms with Gasteiger partial charge in [-0.05, 0) is 72.1 Å². The number of likely N-dealkylation sites (tertiary alicyclic amines) is 1. The highest BCUT2D eigenvalue weighted by Crippen LogP contribution is 2.42. The Morgan fingerprint density at radius 2 is 1.91 bits per heavy atom. The second kappa shape index (κ2) is 10.1. The van der Waals surface area contributed by atoms with Crippen LogP contribution in [-0.2, 0) is 19.5 Å². The number of fused-ring (bicyclic) bond motifs is 1. The molecule has 0 bridgehead atoms. The first-order valence-electron chi connectivity index (χ1n) is 12.9. The maximum absolute atomic E-state index is 13.0. The molecule has 0 aliphatic carbocycles. The van der Waals surface area contributed by atoms with Crippen molar-refractivity contribution >= 4 is 10.0 Å². The summed E-state index contributed by atoms with van der Waals surface area (Å²) in [6.07, 6.45) is 6.70. The Balaban J connectivity index is 1.21.